The van der Waals surface area contributed by atoms with E-state index in [1.165, 1.54) is 22.9 Å². The molecule has 0 saturated carbocycles. The van der Waals surface area contributed by atoms with Crippen molar-refractivity contribution in [1.29, 1.82) is 0 Å². The van der Waals surface area contributed by atoms with Crippen molar-refractivity contribution in [3.8, 4) is 0 Å². The van der Waals surface area contributed by atoms with Gasteiger partial charge in [0.05, 0.1) is 0 Å². The standard InChI is InChI=1S/C16H25N3/c1-13(2)11-17-8-4-9-18-12-14-5-3-6-16-15(14)7-10-19-16/h3,5-7,10,13,17-19H,4,8-9,11-12H2,1-2H3. The van der Waals surface area contributed by atoms with Crippen LogP contribution in [0.3, 0.4) is 0 Å². The van der Waals surface area contributed by atoms with E-state index >= 15 is 0 Å². The molecule has 3 nitrogen and oxygen atoms in total. The Morgan fingerprint density at radius 1 is 1.11 bits per heavy atom. The van der Waals surface area contributed by atoms with Crippen LogP contribution in [0.2, 0.25) is 0 Å². The van der Waals surface area contributed by atoms with Gasteiger partial charge in [0.25, 0.3) is 0 Å². The van der Waals surface area contributed by atoms with Crippen LogP contribution in [0.1, 0.15) is 25.8 Å². The Bertz CT molecular complexity index is 487. The summed E-state index contributed by atoms with van der Waals surface area (Å²) in [6.07, 6.45) is 3.18. The molecule has 0 saturated heterocycles. The zero-order valence-corrected chi connectivity index (χ0v) is 12.0. The summed E-state index contributed by atoms with van der Waals surface area (Å²) in [6.45, 7) is 8.69. The van der Waals surface area contributed by atoms with Gasteiger partial charge < -0.3 is 15.6 Å². The Kier molecular flexibility index (Phi) is 5.43. The summed E-state index contributed by atoms with van der Waals surface area (Å²) in [5, 5.41) is 8.31. The quantitative estimate of drug-likeness (QED) is 0.638. The number of fused-ring (bicyclic) bond motifs is 1. The number of rotatable bonds is 8. The molecule has 2 aromatic rings. The fourth-order valence-corrected chi connectivity index (χ4v) is 2.26. The van der Waals surface area contributed by atoms with Crippen LogP contribution in [-0.4, -0.2) is 24.6 Å². The van der Waals surface area contributed by atoms with Crippen molar-refractivity contribution in [2.75, 3.05) is 19.6 Å². The first kappa shape index (κ1) is 14.1. The molecule has 1 aromatic heterocycles. The summed E-state index contributed by atoms with van der Waals surface area (Å²) in [5.41, 5.74) is 2.59. The molecule has 0 atom stereocenters. The SMILES string of the molecule is CC(C)CNCCCNCc1cccc2[nH]ccc12. The second-order valence-corrected chi connectivity index (χ2v) is 5.48. The van der Waals surface area contributed by atoms with Crippen LogP contribution >= 0.6 is 0 Å². The van der Waals surface area contributed by atoms with Gasteiger partial charge in [-0.2, -0.15) is 0 Å². The van der Waals surface area contributed by atoms with Crippen molar-refractivity contribution in [2.45, 2.75) is 26.8 Å². The van der Waals surface area contributed by atoms with Gasteiger partial charge >= 0.3 is 0 Å². The lowest BCUT2D eigenvalue weighted by Gasteiger charge is -2.08. The minimum Gasteiger partial charge on any atom is -0.361 e. The fourth-order valence-electron chi connectivity index (χ4n) is 2.26. The minimum absolute atomic E-state index is 0.735. The Morgan fingerprint density at radius 3 is 2.79 bits per heavy atom. The van der Waals surface area contributed by atoms with Gasteiger partial charge in [0.1, 0.15) is 0 Å². The topological polar surface area (TPSA) is 39.8 Å². The molecule has 0 amide bonds. The van der Waals surface area contributed by atoms with Crippen molar-refractivity contribution in [2.24, 2.45) is 5.92 Å². The van der Waals surface area contributed by atoms with E-state index in [0.29, 0.717) is 0 Å². The lowest BCUT2D eigenvalue weighted by Crippen LogP contribution is -2.24. The first-order chi connectivity index (χ1) is 9.27. The van der Waals surface area contributed by atoms with Crippen molar-refractivity contribution in [3.63, 3.8) is 0 Å². The highest BCUT2D eigenvalue weighted by Gasteiger charge is 2.00. The lowest BCUT2D eigenvalue weighted by molar-refractivity contribution is 0.530. The summed E-state index contributed by atoms with van der Waals surface area (Å²) in [5.74, 6) is 0.735. The lowest BCUT2D eigenvalue weighted by atomic mass is 10.1. The second kappa shape index (κ2) is 7.31. The monoisotopic (exact) mass is 259 g/mol. The Labute approximate surface area is 115 Å². The third-order valence-electron chi connectivity index (χ3n) is 3.26. The molecule has 0 aliphatic rings. The third-order valence-corrected chi connectivity index (χ3v) is 3.26. The van der Waals surface area contributed by atoms with E-state index in [9.17, 15) is 0 Å². The zero-order valence-electron chi connectivity index (χ0n) is 12.0. The molecule has 0 unspecified atom stereocenters. The Balaban J connectivity index is 1.67. The highest BCUT2D eigenvalue weighted by Crippen LogP contribution is 2.16. The van der Waals surface area contributed by atoms with Gasteiger partial charge in [-0.1, -0.05) is 26.0 Å². The summed E-state index contributed by atoms with van der Waals surface area (Å²) >= 11 is 0. The number of hydrogen-bond acceptors (Lipinski definition) is 2. The second-order valence-electron chi connectivity index (χ2n) is 5.48. The average Bonchev–Trinajstić information content (AvgIpc) is 2.86. The molecule has 19 heavy (non-hydrogen) atoms. The number of H-pyrrole nitrogens is 1. The maximum atomic E-state index is 3.52. The molecule has 3 heteroatoms. The van der Waals surface area contributed by atoms with Crippen molar-refractivity contribution in [3.05, 3.63) is 36.0 Å². The summed E-state index contributed by atoms with van der Waals surface area (Å²) in [4.78, 5) is 3.25. The van der Waals surface area contributed by atoms with E-state index in [-0.39, 0.29) is 0 Å². The normalized spacial score (nSPS) is 11.5. The fraction of sp³-hybridized carbons (Fsp3) is 0.500. The Hall–Kier alpha value is -1.32. The number of aromatic amines is 1. The van der Waals surface area contributed by atoms with Crippen molar-refractivity contribution >= 4 is 10.9 Å². The molecule has 104 valence electrons. The maximum absolute atomic E-state index is 3.52. The van der Waals surface area contributed by atoms with Crippen LogP contribution in [-0.2, 0) is 6.54 Å². The van der Waals surface area contributed by atoms with Crippen LogP contribution in [0.5, 0.6) is 0 Å². The van der Waals surface area contributed by atoms with Gasteiger partial charge in [0, 0.05) is 23.6 Å². The number of aromatic nitrogens is 1. The van der Waals surface area contributed by atoms with Crippen LogP contribution in [0.25, 0.3) is 10.9 Å². The summed E-state index contributed by atoms with van der Waals surface area (Å²) < 4.78 is 0. The van der Waals surface area contributed by atoms with Gasteiger partial charge in [0.2, 0.25) is 0 Å². The largest absolute Gasteiger partial charge is 0.361 e. The van der Waals surface area contributed by atoms with Crippen molar-refractivity contribution < 1.29 is 0 Å². The van der Waals surface area contributed by atoms with Gasteiger partial charge in [-0.15, -0.1) is 0 Å². The smallest absolute Gasteiger partial charge is 0.0457 e. The summed E-state index contributed by atoms with van der Waals surface area (Å²) in [7, 11) is 0. The molecule has 0 spiro atoms. The number of benzene rings is 1. The first-order valence-electron chi connectivity index (χ1n) is 7.24. The molecule has 0 fully saturated rings. The van der Waals surface area contributed by atoms with E-state index < -0.39 is 0 Å². The molecule has 0 aliphatic carbocycles. The van der Waals surface area contributed by atoms with E-state index in [0.717, 1.165) is 32.1 Å². The first-order valence-corrected chi connectivity index (χ1v) is 7.24. The highest BCUT2D eigenvalue weighted by atomic mass is 14.9. The predicted molar refractivity (Wildman–Crippen MR) is 82.3 cm³/mol. The highest BCUT2D eigenvalue weighted by molar-refractivity contribution is 5.82. The van der Waals surface area contributed by atoms with E-state index in [1.54, 1.807) is 0 Å². The molecule has 1 heterocycles. The molecule has 2 rings (SSSR count). The molecular weight excluding hydrogens is 234 g/mol. The zero-order chi connectivity index (χ0) is 13.5. The number of hydrogen-bond donors (Lipinski definition) is 3. The van der Waals surface area contributed by atoms with Crippen molar-refractivity contribution in [1.82, 2.24) is 15.6 Å². The van der Waals surface area contributed by atoms with E-state index in [1.807, 2.05) is 6.20 Å². The van der Waals surface area contributed by atoms with Gasteiger partial charge in [-0.3, -0.25) is 0 Å². The third kappa shape index (κ3) is 4.37. The van der Waals surface area contributed by atoms with Gasteiger partial charge in [-0.05, 0) is 49.7 Å². The molecule has 0 bridgehead atoms. The molecule has 0 radical (unpaired) electrons. The molecule has 3 N–H and O–H groups in total. The average molecular weight is 259 g/mol. The minimum atomic E-state index is 0.735. The van der Waals surface area contributed by atoms with Gasteiger partial charge in [-0.25, -0.2) is 0 Å². The van der Waals surface area contributed by atoms with Gasteiger partial charge in [0.15, 0.2) is 0 Å². The molecular formula is C16H25N3. The summed E-state index contributed by atoms with van der Waals surface area (Å²) in [6, 6.07) is 8.57. The van der Waals surface area contributed by atoms with E-state index in [4.69, 9.17) is 0 Å². The maximum Gasteiger partial charge on any atom is 0.0457 e. The molecule has 0 aliphatic heterocycles. The van der Waals surface area contributed by atoms with Crippen LogP contribution in [0, 0.1) is 5.92 Å². The van der Waals surface area contributed by atoms with Crippen LogP contribution < -0.4 is 10.6 Å². The van der Waals surface area contributed by atoms with Crippen LogP contribution in [0.4, 0.5) is 0 Å². The number of nitrogens with one attached hydrogen (secondary N) is 3. The molecule has 1 aromatic carbocycles. The predicted octanol–water partition coefficient (Wildman–Crippen LogP) is 2.89. The Morgan fingerprint density at radius 2 is 1.95 bits per heavy atom. The van der Waals surface area contributed by atoms with Crippen LogP contribution in [0.15, 0.2) is 30.5 Å². The van der Waals surface area contributed by atoms with E-state index in [2.05, 4.69) is 53.7 Å².